The minimum absolute atomic E-state index is 0.0846. The van der Waals surface area contributed by atoms with Gasteiger partial charge < -0.3 is 14.8 Å². The molecule has 0 saturated carbocycles. The quantitative estimate of drug-likeness (QED) is 0.895. The largest absolute Gasteiger partial charge is 0.495 e. The molecule has 4 nitrogen and oxygen atoms in total. The van der Waals surface area contributed by atoms with Crippen molar-refractivity contribution in [3.8, 4) is 5.75 Å². The lowest BCUT2D eigenvalue weighted by Gasteiger charge is -2.22. The molecule has 98 valence electrons. The van der Waals surface area contributed by atoms with Gasteiger partial charge in [-0.1, -0.05) is 6.07 Å². The van der Waals surface area contributed by atoms with Crippen LogP contribution in [0.25, 0.3) is 0 Å². The van der Waals surface area contributed by atoms with Gasteiger partial charge >= 0.3 is 0 Å². The van der Waals surface area contributed by atoms with Gasteiger partial charge in [-0.25, -0.2) is 0 Å². The maximum Gasteiger partial charge on any atom is 0.253 e. The van der Waals surface area contributed by atoms with Crippen molar-refractivity contribution in [1.82, 2.24) is 0 Å². The summed E-state index contributed by atoms with van der Waals surface area (Å²) >= 11 is 0. The summed E-state index contributed by atoms with van der Waals surface area (Å²) in [5, 5.41) is 2.88. The van der Waals surface area contributed by atoms with Crippen LogP contribution in [-0.2, 0) is 9.53 Å². The highest BCUT2D eigenvalue weighted by molar-refractivity contribution is 5.95. The first-order valence-corrected chi connectivity index (χ1v) is 6.28. The molecule has 4 heteroatoms. The summed E-state index contributed by atoms with van der Waals surface area (Å²) in [5.41, 5.74) is 1.78. The molecule has 0 radical (unpaired) electrons. The summed E-state index contributed by atoms with van der Waals surface area (Å²) in [5.74, 6) is 0.586. The summed E-state index contributed by atoms with van der Waals surface area (Å²) in [4.78, 5) is 12.1. The van der Waals surface area contributed by atoms with Crippen molar-refractivity contribution >= 4 is 11.6 Å². The van der Waals surface area contributed by atoms with Gasteiger partial charge in [0.2, 0.25) is 0 Å². The zero-order valence-electron chi connectivity index (χ0n) is 10.9. The van der Waals surface area contributed by atoms with Gasteiger partial charge in [0.15, 0.2) is 0 Å². The minimum atomic E-state index is -0.330. The van der Waals surface area contributed by atoms with Gasteiger partial charge in [-0.3, -0.25) is 4.79 Å². The van der Waals surface area contributed by atoms with E-state index >= 15 is 0 Å². The summed E-state index contributed by atoms with van der Waals surface area (Å²) in [6.45, 7) is 2.65. The van der Waals surface area contributed by atoms with Crippen LogP contribution in [-0.4, -0.2) is 25.7 Å². The van der Waals surface area contributed by atoms with Crippen molar-refractivity contribution < 1.29 is 14.3 Å². The lowest BCUT2D eigenvalue weighted by Crippen LogP contribution is -2.33. The molecular weight excluding hydrogens is 230 g/mol. The molecule has 0 aliphatic carbocycles. The van der Waals surface area contributed by atoms with E-state index in [4.69, 9.17) is 9.47 Å². The summed E-state index contributed by atoms with van der Waals surface area (Å²) in [6.07, 6.45) is 2.55. The normalized spacial score (nSPS) is 19.3. The van der Waals surface area contributed by atoms with Crippen LogP contribution in [0.3, 0.4) is 0 Å². The summed E-state index contributed by atoms with van der Waals surface area (Å²) < 4.78 is 10.7. The third kappa shape index (κ3) is 3.01. The van der Waals surface area contributed by atoms with Crippen molar-refractivity contribution in [2.24, 2.45) is 0 Å². The number of hydrogen-bond acceptors (Lipinski definition) is 3. The number of aryl methyl sites for hydroxylation is 1. The molecular formula is C14H19NO3. The Hall–Kier alpha value is -1.55. The Balaban J connectivity index is 2.07. The molecule has 1 atom stereocenters. The van der Waals surface area contributed by atoms with E-state index in [1.165, 1.54) is 0 Å². The van der Waals surface area contributed by atoms with Crippen molar-refractivity contribution in [3.05, 3.63) is 23.8 Å². The van der Waals surface area contributed by atoms with Gasteiger partial charge in [-0.05, 0) is 43.9 Å². The molecule has 1 aromatic carbocycles. The smallest absolute Gasteiger partial charge is 0.253 e. The van der Waals surface area contributed by atoms with Crippen LogP contribution in [0.15, 0.2) is 18.2 Å². The van der Waals surface area contributed by atoms with E-state index < -0.39 is 0 Å². The second-order valence-electron chi connectivity index (χ2n) is 4.55. The second kappa shape index (κ2) is 5.87. The van der Waals surface area contributed by atoms with E-state index in [2.05, 4.69) is 5.32 Å². The van der Waals surface area contributed by atoms with Gasteiger partial charge in [0.1, 0.15) is 11.9 Å². The minimum Gasteiger partial charge on any atom is -0.495 e. The third-order valence-corrected chi connectivity index (χ3v) is 3.08. The van der Waals surface area contributed by atoms with Crippen LogP contribution in [0.2, 0.25) is 0 Å². The Labute approximate surface area is 107 Å². The summed E-state index contributed by atoms with van der Waals surface area (Å²) in [7, 11) is 1.59. The molecule has 1 N–H and O–H groups in total. The summed E-state index contributed by atoms with van der Waals surface area (Å²) in [6, 6.07) is 5.71. The molecule has 1 saturated heterocycles. The highest BCUT2D eigenvalue weighted by Gasteiger charge is 2.22. The number of carbonyl (C=O) groups is 1. The van der Waals surface area contributed by atoms with E-state index in [9.17, 15) is 4.79 Å². The second-order valence-corrected chi connectivity index (χ2v) is 4.55. The predicted molar refractivity (Wildman–Crippen MR) is 70.0 cm³/mol. The molecule has 0 aromatic heterocycles. The number of anilines is 1. The Morgan fingerprint density at radius 3 is 2.94 bits per heavy atom. The Morgan fingerprint density at radius 2 is 2.28 bits per heavy atom. The van der Waals surface area contributed by atoms with Crippen molar-refractivity contribution in [2.45, 2.75) is 32.3 Å². The van der Waals surface area contributed by atoms with Gasteiger partial charge in [-0.2, -0.15) is 0 Å². The molecule has 1 aromatic rings. The molecule has 1 unspecified atom stereocenters. The van der Waals surface area contributed by atoms with Gasteiger partial charge in [0, 0.05) is 6.61 Å². The molecule has 18 heavy (non-hydrogen) atoms. The first-order valence-electron chi connectivity index (χ1n) is 6.28. The average Bonchev–Trinajstić information content (AvgIpc) is 2.40. The fraction of sp³-hybridized carbons (Fsp3) is 0.500. The molecule has 1 amide bonds. The molecule has 2 rings (SSSR count). The number of carbonyl (C=O) groups excluding carboxylic acids is 1. The van der Waals surface area contributed by atoms with Gasteiger partial charge in [-0.15, -0.1) is 0 Å². The van der Waals surface area contributed by atoms with Crippen LogP contribution in [0.4, 0.5) is 5.69 Å². The lowest BCUT2D eigenvalue weighted by molar-refractivity contribution is -0.129. The number of hydrogen-bond donors (Lipinski definition) is 1. The van der Waals surface area contributed by atoms with Crippen LogP contribution in [0.5, 0.6) is 5.75 Å². The Bertz CT molecular complexity index is 425. The first kappa shape index (κ1) is 12.9. The number of methoxy groups -OCH3 is 1. The number of ether oxygens (including phenoxy) is 2. The van der Waals surface area contributed by atoms with Crippen LogP contribution in [0, 0.1) is 6.92 Å². The lowest BCUT2D eigenvalue weighted by atomic mass is 10.1. The van der Waals surface area contributed by atoms with Gasteiger partial charge in [0.25, 0.3) is 5.91 Å². The van der Waals surface area contributed by atoms with E-state index in [-0.39, 0.29) is 12.0 Å². The maximum absolute atomic E-state index is 12.1. The molecule has 0 bridgehead atoms. The zero-order chi connectivity index (χ0) is 13.0. The number of amides is 1. The van der Waals surface area contributed by atoms with Crippen LogP contribution < -0.4 is 10.1 Å². The third-order valence-electron chi connectivity index (χ3n) is 3.08. The van der Waals surface area contributed by atoms with E-state index in [1.807, 2.05) is 25.1 Å². The monoisotopic (exact) mass is 249 g/mol. The highest BCUT2D eigenvalue weighted by Crippen LogP contribution is 2.26. The highest BCUT2D eigenvalue weighted by atomic mass is 16.5. The first-order chi connectivity index (χ1) is 8.70. The Morgan fingerprint density at radius 1 is 1.44 bits per heavy atom. The van der Waals surface area contributed by atoms with E-state index in [1.54, 1.807) is 7.11 Å². The Kier molecular flexibility index (Phi) is 4.20. The standard InChI is InChI=1S/C14H19NO3/c1-10-6-7-12(17-2)11(9-10)15-14(16)13-5-3-4-8-18-13/h6-7,9,13H,3-5,8H2,1-2H3,(H,15,16). The number of rotatable bonds is 3. The molecule has 1 fully saturated rings. The van der Waals surface area contributed by atoms with Crippen LogP contribution in [0.1, 0.15) is 24.8 Å². The SMILES string of the molecule is COc1ccc(C)cc1NC(=O)C1CCCCO1. The van der Waals surface area contributed by atoms with E-state index in [0.29, 0.717) is 18.0 Å². The molecule has 1 aliphatic rings. The predicted octanol–water partition coefficient (Wildman–Crippen LogP) is 2.51. The van der Waals surface area contributed by atoms with Gasteiger partial charge in [0.05, 0.1) is 12.8 Å². The number of nitrogens with one attached hydrogen (secondary N) is 1. The number of benzene rings is 1. The zero-order valence-corrected chi connectivity index (χ0v) is 10.9. The molecule has 1 heterocycles. The van der Waals surface area contributed by atoms with Crippen LogP contribution >= 0.6 is 0 Å². The average molecular weight is 249 g/mol. The fourth-order valence-corrected chi connectivity index (χ4v) is 2.08. The molecule has 0 spiro atoms. The maximum atomic E-state index is 12.1. The van der Waals surface area contributed by atoms with E-state index in [0.717, 1.165) is 24.8 Å². The molecule has 1 aliphatic heterocycles. The van der Waals surface area contributed by atoms with Crippen molar-refractivity contribution in [2.75, 3.05) is 19.0 Å². The topological polar surface area (TPSA) is 47.6 Å². The van der Waals surface area contributed by atoms with Crippen molar-refractivity contribution in [1.29, 1.82) is 0 Å². The fourth-order valence-electron chi connectivity index (χ4n) is 2.08. The van der Waals surface area contributed by atoms with Crippen molar-refractivity contribution in [3.63, 3.8) is 0 Å².